The molecule has 2 heterocycles. The molecule has 11 heteroatoms. The number of aliphatic hydroxyl groups excluding tert-OH is 5. The smallest absolute Gasteiger partial charge is 0.187 e. The molecule has 0 saturated carbocycles. The number of ether oxygens (including phenoxy) is 6. The minimum absolute atomic E-state index is 0.0707. The second-order valence-electron chi connectivity index (χ2n) is 10.9. The Bertz CT molecular complexity index is 1230. The van der Waals surface area contributed by atoms with E-state index >= 15 is 0 Å². The van der Waals surface area contributed by atoms with E-state index < -0.39 is 68.0 Å². The zero-order valence-corrected chi connectivity index (χ0v) is 24.2. The van der Waals surface area contributed by atoms with Gasteiger partial charge in [0, 0.05) is 0 Å². The van der Waals surface area contributed by atoms with E-state index in [1.165, 1.54) is 0 Å². The molecule has 3 aromatic rings. The zero-order chi connectivity index (χ0) is 30.9. The average molecular weight is 613 g/mol. The SMILES string of the molecule is OC[C@H](O)[C@H]1O[C@H](O[C@H](COCc2ccccc2)C2O[C@H](O)[C@@H](OCc3ccccc3)[C@@H]2OCc2ccccc2)[C@@H](O)[C@@H]1O. The number of hydrogen-bond donors (Lipinski definition) is 5. The van der Waals surface area contributed by atoms with Gasteiger partial charge in [0.05, 0.1) is 33.0 Å². The van der Waals surface area contributed by atoms with Crippen LogP contribution in [0.15, 0.2) is 91.0 Å². The lowest BCUT2D eigenvalue weighted by atomic mass is 10.0. The van der Waals surface area contributed by atoms with Gasteiger partial charge in [-0.1, -0.05) is 91.0 Å². The molecule has 0 spiro atoms. The fraction of sp³-hybridized carbons (Fsp3) is 0.455. The third-order valence-corrected chi connectivity index (χ3v) is 7.69. The molecule has 2 aliphatic rings. The van der Waals surface area contributed by atoms with Gasteiger partial charge in [0.1, 0.15) is 48.8 Å². The van der Waals surface area contributed by atoms with Gasteiger partial charge in [0.2, 0.25) is 0 Å². The Hall–Kier alpha value is -2.78. The quantitative estimate of drug-likeness (QED) is 0.169. The number of rotatable bonds is 15. The summed E-state index contributed by atoms with van der Waals surface area (Å²) >= 11 is 0. The van der Waals surface area contributed by atoms with E-state index in [0.29, 0.717) is 0 Å². The highest BCUT2D eigenvalue weighted by molar-refractivity contribution is 5.15. The fourth-order valence-corrected chi connectivity index (χ4v) is 5.32. The maximum absolute atomic E-state index is 11.1. The molecule has 5 N–H and O–H groups in total. The Labute approximate surface area is 256 Å². The summed E-state index contributed by atoms with van der Waals surface area (Å²) in [6.07, 6.45) is -12.3. The van der Waals surface area contributed by atoms with Gasteiger partial charge in [-0.05, 0) is 16.7 Å². The van der Waals surface area contributed by atoms with Gasteiger partial charge in [-0.3, -0.25) is 0 Å². The summed E-state index contributed by atoms with van der Waals surface area (Å²) in [6, 6.07) is 28.5. The Morgan fingerprint density at radius 1 is 0.636 bits per heavy atom. The van der Waals surface area contributed by atoms with Crippen molar-refractivity contribution < 1.29 is 54.0 Å². The minimum Gasteiger partial charge on any atom is -0.394 e. The standard InChI is InChI=1S/C33H40O11/c34-16-24(35)28-26(36)27(37)33(44-28)42-25(20-39-17-21-10-4-1-5-11-21)29-30(40-18-22-12-6-2-7-13-22)31(32(38)43-29)41-19-23-14-8-3-9-15-23/h1-15,24-38H,16-20H2/t24-,25+,26-,27-,28+,29?,30+,31-,32-,33-/m0/s1. The molecule has 0 radical (unpaired) electrons. The summed E-state index contributed by atoms with van der Waals surface area (Å²) in [5.74, 6) is 0. The molecule has 3 aromatic carbocycles. The van der Waals surface area contributed by atoms with Gasteiger partial charge in [-0.25, -0.2) is 0 Å². The van der Waals surface area contributed by atoms with Crippen LogP contribution in [0.4, 0.5) is 0 Å². The fourth-order valence-electron chi connectivity index (χ4n) is 5.32. The largest absolute Gasteiger partial charge is 0.394 e. The lowest BCUT2D eigenvalue weighted by molar-refractivity contribution is -0.244. The van der Waals surface area contributed by atoms with E-state index in [9.17, 15) is 25.5 Å². The predicted octanol–water partition coefficient (Wildman–Crippen LogP) is 1.28. The highest BCUT2D eigenvalue weighted by atomic mass is 16.7. The summed E-state index contributed by atoms with van der Waals surface area (Å²) in [7, 11) is 0. The van der Waals surface area contributed by atoms with Crippen molar-refractivity contribution in [1.82, 2.24) is 0 Å². The van der Waals surface area contributed by atoms with Crippen molar-refractivity contribution in [3.8, 4) is 0 Å². The zero-order valence-electron chi connectivity index (χ0n) is 24.2. The highest BCUT2D eigenvalue weighted by Crippen LogP contribution is 2.33. The summed E-state index contributed by atoms with van der Waals surface area (Å²) < 4.78 is 36.3. The topological polar surface area (TPSA) is 157 Å². The van der Waals surface area contributed by atoms with Crippen molar-refractivity contribution >= 4 is 0 Å². The van der Waals surface area contributed by atoms with Crippen LogP contribution in [-0.2, 0) is 48.2 Å². The van der Waals surface area contributed by atoms with Crippen LogP contribution in [0, 0.1) is 0 Å². The lowest BCUT2D eigenvalue weighted by Gasteiger charge is -2.31. The first kappa shape index (κ1) is 32.6. The molecule has 11 nitrogen and oxygen atoms in total. The third kappa shape index (κ3) is 8.27. The van der Waals surface area contributed by atoms with Crippen molar-refractivity contribution in [2.75, 3.05) is 13.2 Å². The molecular formula is C33H40O11. The van der Waals surface area contributed by atoms with Crippen LogP contribution >= 0.6 is 0 Å². The first-order valence-electron chi connectivity index (χ1n) is 14.7. The van der Waals surface area contributed by atoms with Gasteiger partial charge in [-0.15, -0.1) is 0 Å². The van der Waals surface area contributed by atoms with Gasteiger partial charge >= 0.3 is 0 Å². The van der Waals surface area contributed by atoms with E-state index in [1.54, 1.807) is 0 Å². The maximum Gasteiger partial charge on any atom is 0.187 e. The van der Waals surface area contributed by atoms with Gasteiger partial charge in [0.25, 0.3) is 0 Å². The molecule has 2 saturated heterocycles. The van der Waals surface area contributed by atoms with E-state index in [2.05, 4.69) is 0 Å². The molecule has 238 valence electrons. The molecule has 10 atom stereocenters. The minimum atomic E-state index is -1.54. The maximum atomic E-state index is 11.1. The van der Waals surface area contributed by atoms with Crippen LogP contribution in [0.25, 0.3) is 0 Å². The number of hydrogen-bond acceptors (Lipinski definition) is 11. The van der Waals surface area contributed by atoms with Gasteiger partial charge < -0.3 is 54.0 Å². The van der Waals surface area contributed by atoms with Crippen LogP contribution in [-0.4, -0.2) is 100 Å². The second-order valence-corrected chi connectivity index (χ2v) is 10.9. The molecule has 2 aliphatic heterocycles. The number of benzene rings is 3. The van der Waals surface area contributed by atoms with E-state index in [1.807, 2.05) is 91.0 Å². The Morgan fingerprint density at radius 3 is 1.70 bits per heavy atom. The molecule has 2 fully saturated rings. The molecule has 0 aliphatic carbocycles. The van der Waals surface area contributed by atoms with Crippen LogP contribution in [0.5, 0.6) is 0 Å². The third-order valence-electron chi connectivity index (χ3n) is 7.69. The Kier molecular flexibility index (Phi) is 11.8. The molecule has 1 unspecified atom stereocenters. The average Bonchev–Trinajstić information content (AvgIpc) is 3.53. The lowest BCUT2D eigenvalue weighted by Crippen LogP contribution is -2.47. The predicted molar refractivity (Wildman–Crippen MR) is 156 cm³/mol. The van der Waals surface area contributed by atoms with Crippen LogP contribution in [0.3, 0.4) is 0 Å². The monoisotopic (exact) mass is 612 g/mol. The van der Waals surface area contributed by atoms with Gasteiger partial charge in [-0.2, -0.15) is 0 Å². The van der Waals surface area contributed by atoms with Gasteiger partial charge in [0.15, 0.2) is 12.6 Å². The van der Waals surface area contributed by atoms with Crippen molar-refractivity contribution in [2.24, 2.45) is 0 Å². The molecule has 5 rings (SSSR count). The number of aliphatic hydroxyl groups is 5. The van der Waals surface area contributed by atoms with E-state index in [4.69, 9.17) is 28.4 Å². The first-order chi connectivity index (χ1) is 21.4. The van der Waals surface area contributed by atoms with E-state index in [-0.39, 0.29) is 26.4 Å². The molecular weight excluding hydrogens is 572 g/mol. The van der Waals surface area contributed by atoms with Crippen molar-refractivity contribution in [1.29, 1.82) is 0 Å². The molecule has 44 heavy (non-hydrogen) atoms. The van der Waals surface area contributed by atoms with Crippen molar-refractivity contribution in [3.05, 3.63) is 108 Å². The normalized spacial score (nSPS) is 29.9. The molecule has 0 aromatic heterocycles. The molecule has 0 bridgehead atoms. The Balaban J connectivity index is 1.37. The highest BCUT2D eigenvalue weighted by Gasteiger charge is 2.53. The first-order valence-corrected chi connectivity index (χ1v) is 14.7. The molecule has 0 amide bonds. The van der Waals surface area contributed by atoms with Crippen molar-refractivity contribution in [2.45, 2.75) is 81.2 Å². The van der Waals surface area contributed by atoms with Crippen LogP contribution in [0.2, 0.25) is 0 Å². The summed E-state index contributed by atoms with van der Waals surface area (Å²) in [6.45, 7) is -0.135. The van der Waals surface area contributed by atoms with Crippen molar-refractivity contribution in [3.63, 3.8) is 0 Å². The van der Waals surface area contributed by atoms with Crippen LogP contribution in [0.1, 0.15) is 16.7 Å². The summed E-state index contributed by atoms with van der Waals surface area (Å²) in [4.78, 5) is 0. The second kappa shape index (κ2) is 16.0. The Morgan fingerprint density at radius 2 is 1.16 bits per heavy atom. The van der Waals surface area contributed by atoms with Crippen LogP contribution < -0.4 is 0 Å². The van der Waals surface area contributed by atoms with E-state index in [0.717, 1.165) is 16.7 Å². The summed E-state index contributed by atoms with van der Waals surface area (Å²) in [5, 5.41) is 51.7. The summed E-state index contributed by atoms with van der Waals surface area (Å²) in [5.41, 5.74) is 2.71.